The van der Waals surface area contributed by atoms with E-state index in [-0.39, 0.29) is 30.3 Å². The molecule has 1 rings (SSSR count). The molecular formula is C18H27N4O7PS. The van der Waals surface area contributed by atoms with E-state index in [1.807, 2.05) is 0 Å². The number of hydrogen-bond donors (Lipinski definition) is 4. The number of carbonyl (C=O) groups excluding carboxylic acids is 1. The molecule has 31 heavy (non-hydrogen) atoms. The number of rotatable bonds is 12. The van der Waals surface area contributed by atoms with Gasteiger partial charge in [0.15, 0.2) is 0 Å². The molecule has 172 valence electrons. The molecule has 1 heterocycles. The second-order valence-electron chi connectivity index (χ2n) is 7.10. The van der Waals surface area contributed by atoms with E-state index in [0.29, 0.717) is 28.4 Å². The zero-order valence-corrected chi connectivity index (χ0v) is 19.4. The number of aromatic nitrogens is 2. The van der Waals surface area contributed by atoms with E-state index in [1.165, 1.54) is 24.9 Å². The lowest BCUT2D eigenvalue weighted by Gasteiger charge is -2.26. The number of carbonyl (C=O) groups is 2. The van der Waals surface area contributed by atoms with Crippen molar-refractivity contribution in [3.63, 3.8) is 0 Å². The van der Waals surface area contributed by atoms with Gasteiger partial charge in [-0.15, -0.1) is 0 Å². The first-order valence-corrected chi connectivity index (χ1v) is 11.3. The number of amides is 1. The van der Waals surface area contributed by atoms with E-state index < -0.39 is 19.2 Å². The molecule has 0 unspecified atom stereocenters. The average Bonchev–Trinajstić information content (AvgIpc) is 2.64. The Morgan fingerprint density at radius 3 is 2.55 bits per heavy atom. The largest absolute Gasteiger partial charge is 0.481 e. The van der Waals surface area contributed by atoms with E-state index >= 15 is 0 Å². The highest BCUT2D eigenvalue weighted by Gasteiger charge is 2.32. The van der Waals surface area contributed by atoms with Gasteiger partial charge in [-0.2, -0.15) is 0 Å². The number of phosphoric ester groups is 1. The highest BCUT2D eigenvalue weighted by molar-refractivity contribution is 8.06. The maximum Gasteiger partial charge on any atom is 0.469 e. The lowest BCUT2D eigenvalue weighted by atomic mass is 9.94. The van der Waals surface area contributed by atoms with Crippen molar-refractivity contribution in [2.45, 2.75) is 40.7 Å². The maximum atomic E-state index is 11.8. The minimum Gasteiger partial charge on any atom is -0.481 e. The molecule has 0 atom stereocenters. The Bertz CT molecular complexity index is 929. The van der Waals surface area contributed by atoms with Crippen molar-refractivity contribution < 1.29 is 33.6 Å². The van der Waals surface area contributed by atoms with Gasteiger partial charge in [0.2, 0.25) is 6.41 Å². The van der Waals surface area contributed by atoms with Crippen LogP contribution in [0.2, 0.25) is 0 Å². The predicted octanol–water partition coefficient (Wildman–Crippen LogP) is 2.41. The minimum atomic E-state index is -4.70. The van der Waals surface area contributed by atoms with Crippen LogP contribution in [0.3, 0.4) is 0 Å². The summed E-state index contributed by atoms with van der Waals surface area (Å²) in [5.41, 5.74) is 5.52. The number of anilines is 1. The molecule has 1 aromatic rings. The van der Waals surface area contributed by atoms with Crippen LogP contribution in [0.1, 0.15) is 38.6 Å². The van der Waals surface area contributed by atoms with Gasteiger partial charge in [0, 0.05) is 28.8 Å². The molecule has 0 spiro atoms. The van der Waals surface area contributed by atoms with Crippen LogP contribution in [0.15, 0.2) is 28.3 Å². The fraction of sp³-hybridized carbons (Fsp3) is 0.444. The number of carboxylic acids is 1. The molecule has 0 fully saturated rings. The molecule has 11 nitrogen and oxygen atoms in total. The predicted molar refractivity (Wildman–Crippen MR) is 116 cm³/mol. The highest BCUT2D eigenvalue weighted by Crippen LogP contribution is 2.42. The molecule has 1 amide bonds. The molecule has 0 aliphatic rings. The van der Waals surface area contributed by atoms with Gasteiger partial charge in [-0.3, -0.25) is 14.1 Å². The highest BCUT2D eigenvalue weighted by atomic mass is 32.2. The molecule has 0 aliphatic heterocycles. The number of carboxylic acid groups (broad SMARTS) is 1. The molecule has 1 aromatic heterocycles. The van der Waals surface area contributed by atoms with Crippen molar-refractivity contribution in [1.29, 1.82) is 0 Å². The van der Waals surface area contributed by atoms with Crippen molar-refractivity contribution in [2.75, 3.05) is 12.3 Å². The van der Waals surface area contributed by atoms with Crippen LogP contribution in [-0.2, 0) is 25.2 Å². The molecule has 0 aromatic carbocycles. The fourth-order valence-corrected chi connectivity index (χ4v) is 3.59. The van der Waals surface area contributed by atoms with Crippen LogP contribution in [0, 0.1) is 12.3 Å². The minimum absolute atomic E-state index is 0.000545. The van der Waals surface area contributed by atoms with Crippen LogP contribution in [0.4, 0.5) is 5.82 Å². The summed E-state index contributed by atoms with van der Waals surface area (Å²) in [5, 5.41) is 9.44. The standard InChI is InChI=1S/C18H27N4O7PS/c1-11(22(10-23)9-14-8-20-13(3)21-16(14)19)15(6-7-29-30(26,27)28)31-12(2)18(4,5)17(24)25/h8,10H,2,6-7,9H2,1,3-5H3,(H,24,25)(H2,19,20,21)(H2,26,27,28)/b15-11-. The third-order valence-electron chi connectivity index (χ3n) is 4.39. The monoisotopic (exact) mass is 474 g/mol. The SMILES string of the molecule is C=C(S/C(CCOP(=O)(O)O)=C(/C)N(C=O)Cc1cnc(C)nc1N)C(C)(C)C(=O)O. The van der Waals surface area contributed by atoms with E-state index in [4.69, 9.17) is 15.5 Å². The van der Waals surface area contributed by atoms with Gasteiger partial charge in [0.05, 0.1) is 18.6 Å². The number of allylic oxidation sites excluding steroid dienone is 1. The summed E-state index contributed by atoms with van der Waals surface area (Å²) in [6.45, 7) is 9.76. The van der Waals surface area contributed by atoms with Crippen molar-refractivity contribution in [1.82, 2.24) is 14.9 Å². The van der Waals surface area contributed by atoms with Gasteiger partial charge in [-0.25, -0.2) is 14.5 Å². The second kappa shape index (κ2) is 10.9. The van der Waals surface area contributed by atoms with Gasteiger partial charge in [-0.05, 0) is 32.6 Å². The lowest BCUT2D eigenvalue weighted by molar-refractivity contribution is -0.144. The van der Waals surface area contributed by atoms with Gasteiger partial charge in [0.1, 0.15) is 11.6 Å². The molecule has 0 saturated carbocycles. The average molecular weight is 474 g/mol. The lowest BCUT2D eigenvalue weighted by Crippen LogP contribution is -2.25. The normalized spacial score (nSPS) is 12.8. The molecule has 0 saturated heterocycles. The summed E-state index contributed by atoms with van der Waals surface area (Å²) < 4.78 is 15.5. The van der Waals surface area contributed by atoms with Gasteiger partial charge >= 0.3 is 13.8 Å². The van der Waals surface area contributed by atoms with E-state index in [9.17, 15) is 19.3 Å². The van der Waals surface area contributed by atoms with Crippen LogP contribution in [0.25, 0.3) is 0 Å². The summed E-state index contributed by atoms with van der Waals surface area (Å²) in [6, 6.07) is 0. The van der Waals surface area contributed by atoms with E-state index in [1.54, 1.807) is 13.8 Å². The third-order valence-corrected chi connectivity index (χ3v) is 6.41. The van der Waals surface area contributed by atoms with Gasteiger partial charge < -0.3 is 25.5 Å². The van der Waals surface area contributed by atoms with Crippen molar-refractivity contribution >= 4 is 37.8 Å². The van der Waals surface area contributed by atoms with Gasteiger partial charge in [0.25, 0.3) is 0 Å². The Kier molecular flexibility index (Phi) is 9.40. The van der Waals surface area contributed by atoms with Crippen LogP contribution < -0.4 is 5.73 Å². The topological polar surface area (TPSA) is 176 Å². The number of hydrogen-bond acceptors (Lipinski definition) is 8. The molecule has 0 bridgehead atoms. The first kappa shape index (κ1) is 26.8. The van der Waals surface area contributed by atoms with Crippen LogP contribution in [0.5, 0.6) is 0 Å². The number of nitrogen functional groups attached to an aromatic ring is 1. The summed E-state index contributed by atoms with van der Waals surface area (Å²) in [5.74, 6) is -0.405. The summed E-state index contributed by atoms with van der Waals surface area (Å²) >= 11 is 1.01. The second-order valence-corrected chi connectivity index (χ2v) is 9.53. The zero-order valence-electron chi connectivity index (χ0n) is 17.7. The maximum absolute atomic E-state index is 11.8. The zero-order chi connectivity index (χ0) is 24.0. The third kappa shape index (κ3) is 8.08. The van der Waals surface area contributed by atoms with Crippen LogP contribution in [-0.4, -0.2) is 48.7 Å². The Hall–Kier alpha value is -2.24. The molecular weight excluding hydrogens is 447 g/mol. The first-order valence-electron chi connectivity index (χ1n) is 8.99. The fourth-order valence-electron chi connectivity index (χ4n) is 2.17. The van der Waals surface area contributed by atoms with Crippen molar-refractivity contribution in [3.05, 3.63) is 39.7 Å². The number of aryl methyl sites for hydroxylation is 1. The quantitative estimate of drug-likeness (QED) is 0.258. The number of thioether (sulfide) groups is 1. The summed E-state index contributed by atoms with van der Waals surface area (Å²) in [4.78, 5) is 51.4. The summed E-state index contributed by atoms with van der Waals surface area (Å²) in [6.07, 6.45) is 2.06. The molecule has 13 heteroatoms. The number of nitrogens with two attached hydrogens (primary N) is 1. The van der Waals surface area contributed by atoms with Crippen LogP contribution >= 0.6 is 19.6 Å². The van der Waals surface area contributed by atoms with Gasteiger partial charge in [-0.1, -0.05) is 18.3 Å². The molecule has 0 radical (unpaired) electrons. The smallest absolute Gasteiger partial charge is 0.469 e. The number of aliphatic carboxylic acids is 1. The van der Waals surface area contributed by atoms with Crippen molar-refractivity contribution in [2.24, 2.45) is 5.41 Å². The Morgan fingerprint density at radius 1 is 1.45 bits per heavy atom. The Morgan fingerprint density at radius 2 is 2.06 bits per heavy atom. The van der Waals surface area contributed by atoms with E-state index in [0.717, 1.165) is 11.8 Å². The summed E-state index contributed by atoms with van der Waals surface area (Å²) in [7, 11) is -4.70. The molecule has 0 aliphatic carbocycles. The number of phosphoric acid groups is 1. The van der Waals surface area contributed by atoms with Crippen molar-refractivity contribution in [3.8, 4) is 0 Å². The Balaban J connectivity index is 3.25. The first-order chi connectivity index (χ1) is 14.2. The molecule has 5 N–H and O–H groups in total. The van der Waals surface area contributed by atoms with E-state index in [2.05, 4.69) is 21.1 Å². The number of nitrogens with zero attached hydrogens (tertiary/aromatic N) is 3. The Labute approximate surface area is 184 Å².